The number of nitrogens with one attached hydrogen (secondary N) is 1. The molecule has 1 aliphatic heterocycles. The van der Waals surface area contributed by atoms with Crippen molar-refractivity contribution in [2.24, 2.45) is 5.92 Å². The second-order valence-corrected chi connectivity index (χ2v) is 13.8. The van der Waals surface area contributed by atoms with Crippen LogP contribution < -0.4 is 5.32 Å². The van der Waals surface area contributed by atoms with Crippen molar-refractivity contribution in [2.75, 3.05) is 19.3 Å². The van der Waals surface area contributed by atoms with Crippen LogP contribution in [0.15, 0.2) is 59.5 Å². The summed E-state index contributed by atoms with van der Waals surface area (Å²) in [7, 11) is -1.59. The summed E-state index contributed by atoms with van der Waals surface area (Å²) in [4.78, 5) is 31.1. The molecule has 0 spiro atoms. The Bertz CT molecular complexity index is 1350. The van der Waals surface area contributed by atoms with Crippen LogP contribution in [0.2, 0.25) is 0 Å². The lowest BCUT2D eigenvalue weighted by molar-refractivity contribution is -0.138. The third-order valence-electron chi connectivity index (χ3n) is 8.72. The molecule has 1 N–H and O–H groups in total. The molecule has 7 nitrogen and oxygen atoms in total. The molecule has 0 unspecified atom stereocenters. The first-order valence-electron chi connectivity index (χ1n) is 14.6. The lowest BCUT2D eigenvalue weighted by Gasteiger charge is -2.45. The quantitative estimate of drug-likeness (QED) is 0.448. The van der Waals surface area contributed by atoms with Gasteiger partial charge in [0.15, 0.2) is 9.84 Å². The number of halogens is 3. The van der Waals surface area contributed by atoms with Gasteiger partial charge in [-0.05, 0) is 95.7 Å². The summed E-state index contributed by atoms with van der Waals surface area (Å²) in [5, 5.41) is 2.68. The number of carbonyl (C=O) groups is 2. The van der Waals surface area contributed by atoms with Gasteiger partial charge in [0.05, 0.1) is 16.2 Å². The molecule has 1 heterocycles. The number of alkyl halides is 3. The van der Waals surface area contributed by atoms with Crippen molar-refractivity contribution in [3.8, 4) is 0 Å². The van der Waals surface area contributed by atoms with Crippen LogP contribution in [-0.2, 0) is 20.8 Å². The van der Waals surface area contributed by atoms with E-state index in [2.05, 4.69) is 24.1 Å². The number of benzene rings is 2. The molecule has 1 aliphatic carbocycles. The predicted molar refractivity (Wildman–Crippen MR) is 155 cm³/mol. The standard InChI is InChI=1S/C31H40F3N3O4S/c1-21(2)36(3)25-15-16-28(23(19-25)20-42(40,41)26-12-5-4-6-13-26)37-17-8-7-14-27(30(37)39)35-29(38)22-10-9-11-24(18-22)31(32,33)34/h4-6,9-13,18,21,23,25,27-28H,7-8,14-17,19-20H2,1-3H3,(H,35,38)/t23-,25+,27-,28-/m0/s1. The second kappa shape index (κ2) is 13.2. The van der Waals surface area contributed by atoms with Crippen LogP contribution in [0.3, 0.4) is 0 Å². The van der Waals surface area contributed by atoms with E-state index in [1.807, 2.05) is 7.05 Å². The molecule has 2 fully saturated rings. The maximum Gasteiger partial charge on any atom is 0.416 e. The molecule has 2 aliphatic rings. The van der Waals surface area contributed by atoms with Crippen LogP contribution in [0.25, 0.3) is 0 Å². The van der Waals surface area contributed by atoms with E-state index in [1.54, 1.807) is 35.2 Å². The highest BCUT2D eigenvalue weighted by Crippen LogP contribution is 2.35. The minimum Gasteiger partial charge on any atom is -0.340 e. The minimum atomic E-state index is -4.59. The Hall–Kier alpha value is -2.92. The summed E-state index contributed by atoms with van der Waals surface area (Å²) >= 11 is 0. The maximum absolute atomic E-state index is 13.9. The normalized spacial score (nSPS) is 24.1. The SMILES string of the molecule is CC(C)N(C)[C@@H]1CC[C@H](N2CCCC[C@H](NC(=O)c3cccc(C(F)(F)F)c3)C2=O)[C@H](CS(=O)(=O)c2ccccc2)C1. The van der Waals surface area contributed by atoms with Gasteiger partial charge in [0.25, 0.3) is 5.91 Å². The fraction of sp³-hybridized carbons (Fsp3) is 0.548. The molecule has 4 rings (SSSR count). The van der Waals surface area contributed by atoms with Crippen LogP contribution in [0.4, 0.5) is 13.2 Å². The van der Waals surface area contributed by atoms with E-state index >= 15 is 0 Å². The minimum absolute atomic E-state index is 0.102. The maximum atomic E-state index is 13.9. The summed E-state index contributed by atoms with van der Waals surface area (Å²) < 4.78 is 66.6. The van der Waals surface area contributed by atoms with E-state index in [-0.39, 0.29) is 46.2 Å². The third kappa shape index (κ3) is 7.53. The van der Waals surface area contributed by atoms with E-state index in [9.17, 15) is 31.2 Å². The van der Waals surface area contributed by atoms with Crippen molar-refractivity contribution in [2.45, 2.75) is 87.6 Å². The number of hydrogen-bond acceptors (Lipinski definition) is 5. The number of likely N-dealkylation sites (tertiary alicyclic amines) is 1. The number of carbonyl (C=O) groups excluding carboxylic acids is 2. The third-order valence-corrected chi connectivity index (χ3v) is 10.6. The molecule has 2 aromatic rings. The zero-order valence-corrected chi connectivity index (χ0v) is 25.1. The Morgan fingerprint density at radius 2 is 1.76 bits per heavy atom. The molecule has 1 saturated carbocycles. The summed E-state index contributed by atoms with van der Waals surface area (Å²) in [6.07, 6.45) is -0.874. The van der Waals surface area contributed by atoms with Gasteiger partial charge in [0.2, 0.25) is 5.91 Å². The predicted octanol–water partition coefficient (Wildman–Crippen LogP) is 5.17. The molecule has 4 atom stereocenters. The fourth-order valence-corrected chi connectivity index (χ4v) is 7.90. The number of rotatable bonds is 8. The Morgan fingerprint density at radius 1 is 1.05 bits per heavy atom. The van der Waals surface area contributed by atoms with Gasteiger partial charge in [-0.15, -0.1) is 0 Å². The molecule has 0 radical (unpaired) electrons. The number of sulfone groups is 1. The molecule has 2 aromatic carbocycles. The molecule has 0 bridgehead atoms. The van der Waals surface area contributed by atoms with E-state index in [1.165, 1.54) is 12.1 Å². The van der Waals surface area contributed by atoms with Crippen LogP contribution >= 0.6 is 0 Å². The summed E-state index contributed by atoms with van der Waals surface area (Å²) in [6.45, 7) is 4.63. The molecule has 2 amide bonds. The molecule has 11 heteroatoms. The van der Waals surface area contributed by atoms with Crippen LogP contribution in [-0.4, -0.2) is 73.5 Å². The Labute approximate surface area is 246 Å². The zero-order valence-electron chi connectivity index (χ0n) is 24.3. The highest BCUT2D eigenvalue weighted by atomic mass is 32.2. The van der Waals surface area contributed by atoms with Gasteiger partial charge in [-0.1, -0.05) is 24.3 Å². The first kappa shape index (κ1) is 32.0. The highest BCUT2D eigenvalue weighted by Gasteiger charge is 2.42. The van der Waals surface area contributed by atoms with Crippen molar-refractivity contribution >= 4 is 21.7 Å². The number of nitrogens with zero attached hydrogens (tertiary/aromatic N) is 2. The van der Waals surface area contributed by atoms with Crippen molar-refractivity contribution in [1.29, 1.82) is 0 Å². The second-order valence-electron chi connectivity index (χ2n) is 11.8. The average molecular weight is 608 g/mol. The molecule has 230 valence electrons. The Balaban J connectivity index is 1.57. The van der Waals surface area contributed by atoms with Crippen LogP contribution in [0, 0.1) is 5.92 Å². The molecule has 1 saturated heterocycles. The van der Waals surface area contributed by atoms with Gasteiger partial charge in [-0.3, -0.25) is 9.59 Å². The summed E-state index contributed by atoms with van der Waals surface area (Å²) in [5.74, 6) is -1.48. The van der Waals surface area contributed by atoms with Crippen molar-refractivity contribution < 1.29 is 31.2 Å². The van der Waals surface area contributed by atoms with E-state index in [4.69, 9.17) is 0 Å². The summed E-state index contributed by atoms with van der Waals surface area (Å²) in [5.41, 5.74) is -1.10. The average Bonchev–Trinajstić information content (AvgIpc) is 3.13. The van der Waals surface area contributed by atoms with Gasteiger partial charge in [-0.25, -0.2) is 8.42 Å². The van der Waals surface area contributed by atoms with Gasteiger partial charge in [-0.2, -0.15) is 13.2 Å². The van der Waals surface area contributed by atoms with Crippen molar-refractivity contribution in [3.05, 3.63) is 65.7 Å². The first-order chi connectivity index (χ1) is 19.8. The fourth-order valence-electron chi connectivity index (χ4n) is 6.22. The number of hydrogen-bond donors (Lipinski definition) is 1. The highest BCUT2D eigenvalue weighted by molar-refractivity contribution is 7.91. The monoisotopic (exact) mass is 607 g/mol. The smallest absolute Gasteiger partial charge is 0.340 e. The van der Waals surface area contributed by atoms with E-state index in [0.717, 1.165) is 18.6 Å². The van der Waals surface area contributed by atoms with Gasteiger partial charge in [0, 0.05) is 30.2 Å². The van der Waals surface area contributed by atoms with Crippen LogP contribution in [0.1, 0.15) is 68.3 Å². The number of amides is 2. The lowest BCUT2D eigenvalue weighted by atomic mass is 9.80. The molecule has 42 heavy (non-hydrogen) atoms. The van der Waals surface area contributed by atoms with Crippen molar-refractivity contribution in [1.82, 2.24) is 15.1 Å². The molecular weight excluding hydrogens is 567 g/mol. The van der Waals surface area contributed by atoms with Gasteiger partial charge < -0.3 is 15.1 Å². The Morgan fingerprint density at radius 3 is 2.43 bits per heavy atom. The molecule has 0 aromatic heterocycles. The van der Waals surface area contributed by atoms with Gasteiger partial charge in [0.1, 0.15) is 6.04 Å². The first-order valence-corrected chi connectivity index (χ1v) is 16.2. The van der Waals surface area contributed by atoms with Gasteiger partial charge >= 0.3 is 6.18 Å². The molecular formula is C31H40F3N3O4S. The Kier molecular flexibility index (Phi) is 10.0. The topological polar surface area (TPSA) is 86.8 Å². The zero-order chi connectivity index (χ0) is 30.7. The van der Waals surface area contributed by atoms with E-state index < -0.39 is 33.5 Å². The van der Waals surface area contributed by atoms with Crippen LogP contribution in [0.5, 0.6) is 0 Å². The lowest BCUT2D eigenvalue weighted by Crippen LogP contribution is -2.56. The summed E-state index contributed by atoms with van der Waals surface area (Å²) in [6, 6.07) is 11.6. The van der Waals surface area contributed by atoms with E-state index in [0.29, 0.717) is 38.6 Å². The van der Waals surface area contributed by atoms with Crippen molar-refractivity contribution in [3.63, 3.8) is 0 Å². The largest absolute Gasteiger partial charge is 0.416 e.